The number of benzene rings is 1. The second kappa shape index (κ2) is 6.48. The number of ether oxygens (including phenoxy) is 1. The Bertz CT molecular complexity index is 459. The molecule has 1 saturated heterocycles. The molecule has 4 heteroatoms. The summed E-state index contributed by atoms with van der Waals surface area (Å²) in [6.45, 7) is 7.45. The van der Waals surface area contributed by atoms with Crippen LogP contribution < -0.4 is 10.5 Å². The molecule has 0 unspecified atom stereocenters. The molecule has 21 heavy (non-hydrogen) atoms. The molecule has 1 aliphatic rings. The standard InChI is InChI=1S/C17H26N2O2/c1-17(2,3)15(18)16(20)19-11-9-14(10-12-19)21-13-7-5-4-6-8-13/h4-8,14-15H,9-12,18H2,1-3H3/t15-/m0/s1. The molecular weight excluding hydrogens is 264 g/mol. The van der Waals surface area contributed by atoms with Gasteiger partial charge in [-0.3, -0.25) is 4.79 Å². The molecule has 1 fully saturated rings. The van der Waals surface area contributed by atoms with Crippen molar-refractivity contribution in [1.29, 1.82) is 0 Å². The van der Waals surface area contributed by atoms with Gasteiger partial charge in [0, 0.05) is 25.9 Å². The van der Waals surface area contributed by atoms with E-state index in [0.717, 1.165) is 31.7 Å². The van der Waals surface area contributed by atoms with Gasteiger partial charge in [-0.1, -0.05) is 39.0 Å². The van der Waals surface area contributed by atoms with Crippen molar-refractivity contribution in [3.63, 3.8) is 0 Å². The normalized spacial score (nSPS) is 18.4. The number of carbonyl (C=O) groups excluding carboxylic acids is 1. The number of hydrogen-bond acceptors (Lipinski definition) is 3. The molecule has 0 saturated carbocycles. The van der Waals surface area contributed by atoms with Gasteiger partial charge >= 0.3 is 0 Å². The number of hydrogen-bond donors (Lipinski definition) is 1. The molecule has 2 N–H and O–H groups in total. The third kappa shape index (κ3) is 4.21. The minimum absolute atomic E-state index is 0.0562. The van der Waals surface area contributed by atoms with Gasteiger partial charge in [-0.2, -0.15) is 0 Å². The van der Waals surface area contributed by atoms with E-state index < -0.39 is 6.04 Å². The highest BCUT2D eigenvalue weighted by molar-refractivity contribution is 5.82. The molecule has 0 bridgehead atoms. The van der Waals surface area contributed by atoms with E-state index in [-0.39, 0.29) is 17.4 Å². The maximum absolute atomic E-state index is 12.4. The predicted molar refractivity (Wildman–Crippen MR) is 84.1 cm³/mol. The van der Waals surface area contributed by atoms with Gasteiger partial charge < -0.3 is 15.4 Å². The largest absolute Gasteiger partial charge is 0.490 e. The first-order valence-corrected chi connectivity index (χ1v) is 7.64. The molecule has 4 nitrogen and oxygen atoms in total. The summed E-state index contributed by atoms with van der Waals surface area (Å²) in [5, 5.41) is 0. The lowest BCUT2D eigenvalue weighted by molar-refractivity contribution is -0.136. The van der Waals surface area contributed by atoms with E-state index in [9.17, 15) is 4.79 Å². The highest BCUT2D eigenvalue weighted by atomic mass is 16.5. The molecule has 0 radical (unpaired) electrons. The van der Waals surface area contributed by atoms with Crippen molar-refractivity contribution < 1.29 is 9.53 Å². The number of likely N-dealkylation sites (tertiary alicyclic amines) is 1. The van der Waals surface area contributed by atoms with Crippen LogP contribution in [0, 0.1) is 5.41 Å². The number of nitrogens with zero attached hydrogens (tertiary/aromatic N) is 1. The quantitative estimate of drug-likeness (QED) is 0.930. The smallest absolute Gasteiger partial charge is 0.240 e. The third-order valence-corrected chi connectivity index (χ3v) is 4.00. The van der Waals surface area contributed by atoms with Gasteiger partial charge in [-0.05, 0) is 17.5 Å². The summed E-state index contributed by atoms with van der Waals surface area (Å²) < 4.78 is 5.94. The van der Waals surface area contributed by atoms with Crippen LogP contribution >= 0.6 is 0 Å². The van der Waals surface area contributed by atoms with Crippen LogP contribution in [-0.2, 0) is 4.79 Å². The highest BCUT2D eigenvalue weighted by Crippen LogP contribution is 2.22. The fourth-order valence-corrected chi connectivity index (χ4v) is 2.45. The van der Waals surface area contributed by atoms with Gasteiger partial charge in [0.05, 0.1) is 6.04 Å². The summed E-state index contributed by atoms with van der Waals surface area (Å²) in [6.07, 6.45) is 1.90. The first-order chi connectivity index (χ1) is 9.88. The number of para-hydroxylation sites is 1. The number of nitrogens with two attached hydrogens (primary N) is 1. The van der Waals surface area contributed by atoms with Crippen LogP contribution in [0.1, 0.15) is 33.6 Å². The van der Waals surface area contributed by atoms with Gasteiger partial charge in [0.25, 0.3) is 0 Å². The summed E-state index contributed by atoms with van der Waals surface area (Å²) in [4.78, 5) is 14.2. The lowest BCUT2D eigenvalue weighted by Gasteiger charge is -2.36. The van der Waals surface area contributed by atoms with E-state index in [4.69, 9.17) is 10.5 Å². The Kier molecular flexibility index (Phi) is 4.88. The molecule has 116 valence electrons. The van der Waals surface area contributed by atoms with Crippen LogP contribution in [0.15, 0.2) is 30.3 Å². The van der Waals surface area contributed by atoms with E-state index in [1.165, 1.54) is 0 Å². The zero-order valence-electron chi connectivity index (χ0n) is 13.2. The van der Waals surface area contributed by atoms with Crippen molar-refractivity contribution in [2.24, 2.45) is 11.1 Å². The van der Waals surface area contributed by atoms with Gasteiger partial charge in [-0.25, -0.2) is 0 Å². The highest BCUT2D eigenvalue weighted by Gasteiger charge is 2.33. The Morgan fingerprint density at radius 3 is 2.33 bits per heavy atom. The molecule has 1 atom stereocenters. The Labute approximate surface area is 127 Å². The zero-order valence-corrected chi connectivity index (χ0v) is 13.2. The van der Waals surface area contributed by atoms with Crippen molar-refractivity contribution >= 4 is 5.91 Å². The molecule has 0 aliphatic carbocycles. The van der Waals surface area contributed by atoms with Crippen molar-refractivity contribution in [3.8, 4) is 5.75 Å². The molecular formula is C17H26N2O2. The average Bonchev–Trinajstić information content (AvgIpc) is 2.46. The number of amides is 1. The fourth-order valence-electron chi connectivity index (χ4n) is 2.45. The van der Waals surface area contributed by atoms with Crippen LogP contribution in [-0.4, -0.2) is 36.0 Å². The zero-order chi connectivity index (χ0) is 15.5. The van der Waals surface area contributed by atoms with E-state index >= 15 is 0 Å². The Morgan fingerprint density at radius 1 is 1.24 bits per heavy atom. The van der Waals surface area contributed by atoms with Crippen LogP contribution in [0.5, 0.6) is 5.75 Å². The number of piperidine rings is 1. The third-order valence-electron chi connectivity index (χ3n) is 4.00. The first kappa shape index (κ1) is 15.8. The summed E-state index contributed by atoms with van der Waals surface area (Å²) in [5.41, 5.74) is 5.86. The fraction of sp³-hybridized carbons (Fsp3) is 0.588. The molecule has 1 aromatic rings. The molecule has 1 aromatic carbocycles. The second-order valence-corrected chi connectivity index (χ2v) is 6.80. The lowest BCUT2D eigenvalue weighted by atomic mass is 9.86. The lowest BCUT2D eigenvalue weighted by Crippen LogP contribution is -2.53. The van der Waals surface area contributed by atoms with E-state index in [2.05, 4.69) is 0 Å². The van der Waals surface area contributed by atoms with Crippen LogP contribution in [0.3, 0.4) is 0 Å². The van der Waals surface area contributed by atoms with E-state index in [1.54, 1.807) is 0 Å². The minimum Gasteiger partial charge on any atom is -0.490 e. The van der Waals surface area contributed by atoms with Crippen LogP contribution in [0.2, 0.25) is 0 Å². The van der Waals surface area contributed by atoms with E-state index in [1.807, 2.05) is 56.0 Å². The SMILES string of the molecule is CC(C)(C)[C@@H](N)C(=O)N1CCC(Oc2ccccc2)CC1. The monoisotopic (exact) mass is 290 g/mol. The maximum atomic E-state index is 12.4. The topological polar surface area (TPSA) is 55.6 Å². The molecule has 1 aliphatic heterocycles. The van der Waals surface area contributed by atoms with Crippen molar-refractivity contribution in [2.75, 3.05) is 13.1 Å². The summed E-state index contributed by atoms with van der Waals surface area (Å²) in [7, 11) is 0. The summed E-state index contributed by atoms with van der Waals surface area (Å²) >= 11 is 0. The Hall–Kier alpha value is -1.55. The summed E-state index contributed by atoms with van der Waals surface area (Å²) in [5.74, 6) is 0.953. The number of carbonyl (C=O) groups is 1. The Balaban J connectivity index is 1.84. The van der Waals surface area contributed by atoms with Crippen LogP contribution in [0.25, 0.3) is 0 Å². The van der Waals surface area contributed by atoms with Gasteiger partial charge in [-0.15, -0.1) is 0 Å². The second-order valence-electron chi connectivity index (χ2n) is 6.80. The minimum atomic E-state index is -0.441. The number of rotatable bonds is 3. The summed E-state index contributed by atoms with van der Waals surface area (Å²) in [6, 6.07) is 9.40. The average molecular weight is 290 g/mol. The van der Waals surface area contributed by atoms with Crippen molar-refractivity contribution in [1.82, 2.24) is 4.90 Å². The Morgan fingerprint density at radius 2 is 1.81 bits per heavy atom. The molecule has 0 aromatic heterocycles. The van der Waals surface area contributed by atoms with Crippen molar-refractivity contribution in [3.05, 3.63) is 30.3 Å². The van der Waals surface area contributed by atoms with Crippen molar-refractivity contribution in [2.45, 2.75) is 45.8 Å². The predicted octanol–water partition coefficient (Wildman–Crippen LogP) is 2.43. The molecule has 1 heterocycles. The maximum Gasteiger partial charge on any atom is 0.240 e. The molecule has 2 rings (SSSR count). The van der Waals surface area contributed by atoms with Gasteiger partial charge in [0.1, 0.15) is 11.9 Å². The van der Waals surface area contributed by atoms with Gasteiger partial charge in [0.15, 0.2) is 0 Å². The first-order valence-electron chi connectivity index (χ1n) is 7.64. The molecule has 1 amide bonds. The molecule has 0 spiro atoms. The van der Waals surface area contributed by atoms with Crippen LogP contribution in [0.4, 0.5) is 0 Å². The van der Waals surface area contributed by atoms with E-state index in [0.29, 0.717) is 0 Å². The van der Waals surface area contributed by atoms with Gasteiger partial charge in [0.2, 0.25) is 5.91 Å².